The van der Waals surface area contributed by atoms with E-state index in [1.165, 1.54) is 0 Å². The van der Waals surface area contributed by atoms with Crippen molar-refractivity contribution in [3.05, 3.63) is 28.5 Å². The minimum Gasteiger partial charge on any atom is -0.333 e. The SMILES string of the molecule is CCCN(C(=O)c1ncccc1Br)C1CCCNC1. The van der Waals surface area contributed by atoms with E-state index in [1.54, 1.807) is 6.20 Å². The van der Waals surface area contributed by atoms with E-state index in [0.717, 1.165) is 43.4 Å². The maximum Gasteiger partial charge on any atom is 0.273 e. The maximum absolute atomic E-state index is 12.7. The lowest BCUT2D eigenvalue weighted by molar-refractivity contribution is 0.0642. The summed E-state index contributed by atoms with van der Waals surface area (Å²) in [7, 11) is 0. The molecule has 1 aliphatic rings. The standard InChI is InChI=1S/C14H20BrN3O/c1-2-9-18(11-5-3-7-16-10-11)14(19)13-12(15)6-4-8-17-13/h4,6,8,11,16H,2-3,5,7,9-10H2,1H3. The van der Waals surface area contributed by atoms with E-state index < -0.39 is 0 Å². The van der Waals surface area contributed by atoms with Crippen molar-refractivity contribution in [2.45, 2.75) is 32.2 Å². The first-order valence-corrected chi connectivity index (χ1v) is 7.65. The second-order valence-corrected chi connectivity index (χ2v) is 5.69. The summed E-state index contributed by atoms with van der Waals surface area (Å²) in [6.45, 7) is 4.83. The predicted molar refractivity (Wildman–Crippen MR) is 79.2 cm³/mol. The first-order chi connectivity index (χ1) is 9.24. The molecule has 104 valence electrons. The summed E-state index contributed by atoms with van der Waals surface area (Å²) < 4.78 is 0.768. The number of hydrogen-bond donors (Lipinski definition) is 1. The van der Waals surface area contributed by atoms with Gasteiger partial charge in [-0.25, -0.2) is 4.98 Å². The molecule has 1 N–H and O–H groups in total. The van der Waals surface area contributed by atoms with Crippen LogP contribution >= 0.6 is 15.9 Å². The largest absolute Gasteiger partial charge is 0.333 e. The van der Waals surface area contributed by atoms with Crippen LogP contribution in [0.15, 0.2) is 22.8 Å². The molecule has 0 bridgehead atoms. The number of hydrogen-bond acceptors (Lipinski definition) is 3. The number of carbonyl (C=O) groups excluding carboxylic acids is 1. The van der Waals surface area contributed by atoms with Crippen molar-refractivity contribution in [2.75, 3.05) is 19.6 Å². The van der Waals surface area contributed by atoms with Crippen LogP contribution in [0.4, 0.5) is 0 Å². The minimum atomic E-state index is 0.0306. The smallest absolute Gasteiger partial charge is 0.273 e. The van der Waals surface area contributed by atoms with Gasteiger partial charge in [0.2, 0.25) is 0 Å². The van der Waals surface area contributed by atoms with Crippen LogP contribution in [-0.2, 0) is 0 Å². The van der Waals surface area contributed by atoms with Crippen molar-refractivity contribution < 1.29 is 4.79 Å². The Morgan fingerprint density at radius 3 is 3.11 bits per heavy atom. The van der Waals surface area contributed by atoms with Crippen LogP contribution in [-0.4, -0.2) is 41.5 Å². The first kappa shape index (κ1) is 14.5. The normalized spacial score (nSPS) is 19.2. The van der Waals surface area contributed by atoms with Crippen LogP contribution in [0.1, 0.15) is 36.7 Å². The fraction of sp³-hybridized carbons (Fsp3) is 0.571. The summed E-state index contributed by atoms with van der Waals surface area (Å²) in [5, 5.41) is 3.37. The maximum atomic E-state index is 12.7. The molecule has 1 atom stereocenters. The molecular weight excluding hydrogens is 306 g/mol. The summed E-state index contributed by atoms with van der Waals surface area (Å²) in [6, 6.07) is 3.98. The van der Waals surface area contributed by atoms with E-state index in [2.05, 4.69) is 33.2 Å². The summed E-state index contributed by atoms with van der Waals surface area (Å²) in [4.78, 5) is 18.8. The van der Waals surface area contributed by atoms with Crippen LogP contribution in [0.3, 0.4) is 0 Å². The summed E-state index contributed by atoms with van der Waals surface area (Å²) >= 11 is 3.41. The van der Waals surface area contributed by atoms with Crippen LogP contribution in [0.5, 0.6) is 0 Å². The molecule has 1 saturated heterocycles. The molecule has 0 radical (unpaired) electrons. The van der Waals surface area contributed by atoms with Crippen molar-refractivity contribution in [1.82, 2.24) is 15.2 Å². The fourth-order valence-corrected chi connectivity index (χ4v) is 2.89. The Morgan fingerprint density at radius 2 is 2.47 bits per heavy atom. The Kier molecular flexibility index (Phi) is 5.34. The van der Waals surface area contributed by atoms with Crippen molar-refractivity contribution in [3.8, 4) is 0 Å². The van der Waals surface area contributed by atoms with Gasteiger partial charge in [-0.1, -0.05) is 6.92 Å². The molecule has 1 amide bonds. The zero-order chi connectivity index (χ0) is 13.7. The third kappa shape index (κ3) is 3.54. The molecule has 0 aromatic carbocycles. The average molecular weight is 326 g/mol. The Balaban J connectivity index is 2.18. The molecule has 1 aliphatic heterocycles. The second-order valence-electron chi connectivity index (χ2n) is 4.83. The van der Waals surface area contributed by atoms with E-state index >= 15 is 0 Å². The number of halogens is 1. The van der Waals surface area contributed by atoms with E-state index in [1.807, 2.05) is 17.0 Å². The Labute approximate surface area is 122 Å². The molecule has 2 heterocycles. The van der Waals surface area contributed by atoms with E-state index in [4.69, 9.17) is 0 Å². The van der Waals surface area contributed by atoms with Gasteiger partial charge in [0.05, 0.1) is 0 Å². The summed E-state index contributed by atoms with van der Waals surface area (Å²) in [5.74, 6) is 0.0306. The van der Waals surface area contributed by atoms with Crippen LogP contribution in [0, 0.1) is 0 Å². The predicted octanol–water partition coefficient (Wildman–Crippen LogP) is 2.45. The molecule has 1 unspecified atom stereocenters. The van der Waals surface area contributed by atoms with Crippen molar-refractivity contribution >= 4 is 21.8 Å². The lowest BCUT2D eigenvalue weighted by atomic mass is 10.0. The third-order valence-corrected chi connectivity index (χ3v) is 4.04. The third-order valence-electron chi connectivity index (χ3n) is 3.40. The molecule has 1 aromatic rings. The quantitative estimate of drug-likeness (QED) is 0.924. The van der Waals surface area contributed by atoms with Gasteiger partial charge in [0.25, 0.3) is 5.91 Å². The van der Waals surface area contributed by atoms with Gasteiger partial charge in [0.15, 0.2) is 0 Å². The second kappa shape index (κ2) is 7.01. The first-order valence-electron chi connectivity index (χ1n) is 6.86. The summed E-state index contributed by atoms with van der Waals surface area (Å²) in [6.07, 6.45) is 4.83. The van der Waals surface area contributed by atoms with Crippen LogP contribution < -0.4 is 5.32 Å². The highest BCUT2D eigenvalue weighted by Crippen LogP contribution is 2.19. The molecule has 1 aromatic heterocycles. The summed E-state index contributed by atoms with van der Waals surface area (Å²) in [5.41, 5.74) is 0.515. The zero-order valence-corrected chi connectivity index (χ0v) is 12.8. The Morgan fingerprint density at radius 1 is 1.63 bits per heavy atom. The van der Waals surface area contributed by atoms with E-state index in [9.17, 15) is 4.79 Å². The molecule has 2 rings (SSSR count). The topological polar surface area (TPSA) is 45.2 Å². The Hall–Kier alpha value is -0.940. The molecule has 0 aliphatic carbocycles. The van der Waals surface area contributed by atoms with Gasteiger partial charge in [-0.05, 0) is 53.9 Å². The molecular formula is C14H20BrN3O. The van der Waals surface area contributed by atoms with Gasteiger partial charge in [0.1, 0.15) is 5.69 Å². The van der Waals surface area contributed by atoms with Crippen LogP contribution in [0.25, 0.3) is 0 Å². The van der Waals surface area contributed by atoms with Crippen LogP contribution in [0.2, 0.25) is 0 Å². The lowest BCUT2D eigenvalue weighted by Gasteiger charge is -2.34. The molecule has 19 heavy (non-hydrogen) atoms. The lowest BCUT2D eigenvalue weighted by Crippen LogP contribution is -2.49. The number of piperidine rings is 1. The number of aromatic nitrogens is 1. The number of pyridine rings is 1. The van der Waals surface area contributed by atoms with Gasteiger partial charge in [-0.3, -0.25) is 4.79 Å². The highest BCUT2D eigenvalue weighted by molar-refractivity contribution is 9.10. The number of nitrogens with one attached hydrogen (secondary N) is 1. The highest BCUT2D eigenvalue weighted by Gasteiger charge is 2.27. The zero-order valence-electron chi connectivity index (χ0n) is 11.2. The number of amides is 1. The Bertz CT molecular complexity index is 432. The molecule has 5 heteroatoms. The number of carbonyl (C=O) groups is 1. The number of rotatable bonds is 4. The van der Waals surface area contributed by atoms with E-state index in [0.29, 0.717) is 5.69 Å². The van der Waals surface area contributed by atoms with Crippen molar-refractivity contribution in [3.63, 3.8) is 0 Å². The van der Waals surface area contributed by atoms with Gasteiger partial charge >= 0.3 is 0 Å². The van der Waals surface area contributed by atoms with Gasteiger partial charge in [0, 0.05) is 29.8 Å². The van der Waals surface area contributed by atoms with Crippen molar-refractivity contribution in [1.29, 1.82) is 0 Å². The van der Waals surface area contributed by atoms with Gasteiger partial charge < -0.3 is 10.2 Å². The molecule has 1 fully saturated rings. The minimum absolute atomic E-state index is 0.0306. The molecule has 0 saturated carbocycles. The number of nitrogens with zero attached hydrogens (tertiary/aromatic N) is 2. The molecule has 4 nitrogen and oxygen atoms in total. The fourth-order valence-electron chi connectivity index (χ4n) is 2.47. The van der Waals surface area contributed by atoms with Gasteiger partial charge in [-0.15, -0.1) is 0 Å². The highest BCUT2D eigenvalue weighted by atomic mass is 79.9. The van der Waals surface area contributed by atoms with Gasteiger partial charge in [-0.2, -0.15) is 0 Å². The van der Waals surface area contributed by atoms with E-state index in [-0.39, 0.29) is 11.9 Å². The molecule has 0 spiro atoms. The van der Waals surface area contributed by atoms with Crippen molar-refractivity contribution in [2.24, 2.45) is 0 Å². The monoisotopic (exact) mass is 325 g/mol. The average Bonchev–Trinajstić information content (AvgIpc) is 2.45.